The molecule has 2 aliphatic heterocycles. The normalized spacial score (nSPS) is 20.6. The van der Waals surface area contributed by atoms with E-state index in [1.165, 1.54) is 4.90 Å². The summed E-state index contributed by atoms with van der Waals surface area (Å²) in [5.74, 6) is -5.82. The van der Waals surface area contributed by atoms with Crippen LogP contribution in [0.5, 0.6) is 0 Å². The molecular formula is C29H49N7O9. The van der Waals surface area contributed by atoms with Crippen LogP contribution >= 0.6 is 0 Å². The SMILES string of the molecule is CC(C)C[C@H](NC(=O)[C@@H](NC(=O)[C@H](CO)NC(=O)[C@H](CCC(N)=O)NC(=O)[C@@H]1CCCN1C(=O)[C@@H]1CCCN1)C(C)C)C(=O)O. The number of nitrogens with one attached hydrogen (secondary N) is 5. The number of aliphatic hydroxyl groups is 1. The van der Waals surface area contributed by atoms with Gasteiger partial charge in [-0.25, -0.2) is 4.79 Å². The van der Waals surface area contributed by atoms with E-state index in [-0.39, 0.29) is 37.1 Å². The summed E-state index contributed by atoms with van der Waals surface area (Å²) < 4.78 is 0. The summed E-state index contributed by atoms with van der Waals surface area (Å²) in [6, 6.07) is -6.45. The van der Waals surface area contributed by atoms with Crippen LogP contribution < -0.4 is 32.3 Å². The topological polar surface area (TPSA) is 249 Å². The maximum absolute atomic E-state index is 13.3. The first-order valence-electron chi connectivity index (χ1n) is 15.5. The van der Waals surface area contributed by atoms with Crippen LogP contribution in [0.2, 0.25) is 0 Å². The molecule has 0 aromatic carbocycles. The van der Waals surface area contributed by atoms with Gasteiger partial charge in [-0.05, 0) is 56.9 Å². The van der Waals surface area contributed by atoms with E-state index >= 15 is 0 Å². The third-order valence-electron chi connectivity index (χ3n) is 7.89. The first kappa shape index (κ1) is 37.4. The Labute approximate surface area is 263 Å². The van der Waals surface area contributed by atoms with E-state index in [2.05, 4.69) is 26.6 Å². The van der Waals surface area contributed by atoms with Crippen LogP contribution in [0.4, 0.5) is 0 Å². The molecule has 0 saturated carbocycles. The maximum Gasteiger partial charge on any atom is 0.326 e. The highest BCUT2D eigenvalue weighted by atomic mass is 16.4. The Morgan fingerprint density at radius 2 is 1.51 bits per heavy atom. The number of aliphatic carboxylic acids is 1. The smallest absolute Gasteiger partial charge is 0.326 e. The largest absolute Gasteiger partial charge is 0.480 e. The van der Waals surface area contributed by atoms with Crippen molar-refractivity contribution < 1.29 is 43.8 Å². The van der Waals surface area contributed by atoms with Crippen molar-refractivity contribution in [2.24, 2.45) is 17.6 Å². The molecule has 16 heteroatoms. The number of carboxylic acids is 1. The highest BCUT2D eigenvalue weighted by molar-refractivity contribution is 5.96. The molecule has 0 aromatic heterocycles. The minimum atomic E-state index is -1.55. The number of nitrogens with two attached hydrogens (primary N) is 1. The van der Waals surface area contributed by atoms with Crippen molar-refractivity contribution in [2.45, 2.75) is 109 Å². The number of hydrogen-bond donors (Lipinski definition) is 8. The molecule has 6 amide bonds. The average molecular weight is 640 g/mol. The summed E-state index contributed by atoms with van der Waals surface area (Å²) in [5, 5.41) is 32.4. The summed E-state index contributed by atoms with van der Waals surface area (Å²) in [5.41, 5.74) is 5.27. The first-order chi connectivity index (χ1) is 21.2. The lowest BCUT2D eigenvalue weighted by Gasteiger charge is -2.29. The van der Waals surface area contributed by atoms with Crippen LogP contribution in [0, 0.1) is 11.8 Å². The molecule has 2 fully saturated rings. The van der Waals surface area contributed by atoms with Gasteiger partial charge in [0.15, 0.2) is 0 Å². The highest BCUT2D eigenvalue weighted by Gasteiger charge is 2.39. The zero-order chi connectivity index (χ0) is 33.8. The molecule has 16 nitrogen and oxygen atoms in total. The van der Waals surface area contributed by atoms with Crippen molar-refractivity contribution in [2.75, 3.05) is 19.7 Å². The minimum Gasteiger partial charge on any atom is -0.480 e. The number of likely N-dealkylation sites (tertiary alicyclic amines) is 1. The number of primary amides is 1. The van der Waals surface area contributed by atoms with Gasteiger partial charge in [0.2, 0.25) is 35.4 Å². The molecule has 0 bridgehead atoms. The predicted octanol–water partition coefficient (Wildman–Crippen LogP) is -2.29. The van der Waals surface area contributed by atoms with E-state index in [1.807, 2.05) is 0 Å². The third-order valence-corrected chi connectivity index (χ3v) is 7.89. The number of carboxylic acid groups (broad SMARTS) is 1. The predicted molar refractivity (Wildman–Crippen MR) is 161 cm³/mol. The number of rotatable bonds is 17. The Kier molecular flexibility index (Phi) is 14.7. The van der Waals surface area contributed by atoms with E-state index < -0.39 is 78.2 Å². The van der Waals surface area contributed by atoms with Crippen LogP contribution in [-0.4, -0.2) is 112 Å². The molecule has 6 atom stereocenters. The van der Waals surface area contributed by atoms with Gasteiger partial charge in [0.05, 0.1) is 12.6 Å². The van der Waals surface area contributed by atoms with Gasteiger partial charge in [-0.1, -0.05) is 27.7 Å². The fourth-order valence-corrected chi connectivity index (χ4v) is 5.43. The molecule has 0 aromatic rings. The molecule has 2 rings (SSSR count). The Hall–Kier alpha value is -3.79. The van der Waals surface area contributed by atoms with Crippen molar-refractivity contribution >= 4 is 41.4 Å². The number of amides is 6. The quantitative estimate of drug-likeness (QED) is 0.0846. The van der Waals surface area contributed by atoms with Gasteiger partial charge >= 0.3 is 5.97 Å². The van der Waals surface area contributed by atoms with E-state index in [9.17, 15) is 43.8 Å². The van der Waals surface area contributed by atoms with E-state index in [1.54, 1.807) is 27.7 Å². The lowest BCUT2D eigenvalue weighted by molar-refractivity contribution is -0.143. The molecule has 0 spiro atoms. The van der Waals surface area contributed by atoms with E-state index in [0.717, 1.165) is 6.42 Å². The van der Waals surface area contributed by atoms with Crippen molar-refractivity contribution in [3.05, 3.63) is 0 Å². The second-order valence-corrected chi connectivity index (χ2v) is 12.4. The summed E-state index contributed by atoms with van der Waals surface area (Å²) in [4.78, 5) is 90.2. The molecule has 254 valence electrons. The average Bonchev–Trinajstić information content (AvgIpc) is 3.68. The highest BCUT2D eigenvalue weighted by Crippen LogP contribution is 2.21. The number of aliphatic hydroxyl groups excluding tert-OH is 1. The maximum atomic E-state index is 13.3. The van der Waals surface area contributed by atoms with Crippen LogP contribution in [0.1, 0.15) is 72.6 Å². The monoisotopic (exact) mass is 639 g/mol. The van der Waals surface area contributed by atoms with Crippen molar-refractivity contribution in [3.63, 3.8) is 0 Å². The van der Waals surface area contributed by atoms with Crippen LogP contribution in [-0.2, 0) is 33.6 Å². The van der Waals surface area contributed by atoms with Gasteiger partial charge < -0.3 is 47.4 Å². The molecule has 0 aliphatic carbocycles. The number of carbonyl (C=O) groups is 7. The molecule has 9 N–H and O–H groups in total. The molecule has 45 heavy (non-hydrogen) atoms. The molecule has 2 heterocycles. The number of hydrogen-bond acceptors (Lipinski definition) is 9. The van der Waals surface area contributed by atoms with Crippen molar-refractivity contribution in [1.82, 2.24) is 31.5 Å². The summed E-state index contributed by atoms with van der Waals surface area (Å²) in [6.45, 7) is 7.08. The van der Waals surface area contributed by atoms with Gasteiger partial charge in [0, 0.05) is 13.0 Å². The summed E-state index contributed by atoms with van der Waals surface area (Å²) in [6.07, 6.45) is 2.17. The third kappa shape index (κ3) is 11.3. The van der Waals surface area contributed by atoms with Gasteiger partial charge in [-0.15, -0.1) is 0 Å². The number of nitrogens with zero attached hydrogens (tertiary/aromatic N) is 1. The van der Waals surface area contributed by atoms with E-state index in [4.69, 9.17) is 5.73 Å². The second kappa shape index (κ2) is 17.6. The summed E-state index contributed by atoms with van der Waals surface area (Å²) in [7, 11) is 0. The number of carbonyl (C=O) groups excluding carboxylic acids is 6. The van der Waals surface area contributed by atoms with Crippen molar-refractivity contribution in [1.29, 1.82) is 0 Å². The van der Waals surface area contributed by atoms with Crippen LogP contribution in [0.25, 0.3) is 0 Å². The Morgan fingerprint density at radius 3 is 2.04 bits per heavy atom. The molecule has 0 unspecified atom stereocenters. The molecular weight excluding hydrogens is 590 g/mol. The Morgan fingerprint density at radius 1 is 0.867 bits per heavy atom. The zero-order valence-electron chi connectivity index (χ0n) is 26.5. The van der Waals surface area contributed by atoms with E-state index in [0.29, 0.717) is 32.4 Å². The van der Waals surface area contributed by atoms with Gasteiger partial charge in [-0.2, -0.15) is 0 Å². The van der Waals surface area contributed by atoms with Gasteiger partial charge in [0.1, 0.15) is 30.2 Å². The fraction of sp³-hybridized carbons (Fsp3) is 0.759. The van der Waals surface area contributed by atoms with Crippen LogP contribution in [0.3, 0.4) is 0 Å². The van der Waals surface area contributed by atoms with Crippen molar-refractivity contribution in [3.8, 4) is 0 Å². The summed E-state index contributed by atoms with van der Waals surface area (Å²) >= 11 is 0. The minimum absolute atomic E-state index is 0.0305. The fourth-order valence-electron chi connectivity index (χ4n) is 5.43. The standard InChI is InChI=1S/C29H49N7O9/c1-15(2)13-19(29(44)45)33-27(42)23(16(3)4)35-25(40)20(14-37)34-24(39)17(9-10-22(30)38)32-26(41)21-8-6-12-36(21)28(43)18-7-5-11-31-18/h15-21,23,31,37H,5-14H2,1-4H3,(H2,30,38)(H,32,41)(H,33,42)(H,34,39)(H,35,40)(H,44,45)/t17-,18-,19-,20-,21-,23-/m0/s1. The first-order valence-corrected chi connectivity index (χ1v) is 15.5. The zero-order valence-corrected chi connectivity index (χ0v) is 26.5. The molecule has 2 aliphatic rings. The molecule has 0 radical (unpaired) electrons. The molecule has 2 saturated heterocycles. The Balaban J connectivity index is 2.12. The van der Waals surface area contributed by atoms with Gasteiger partial charge in [-0.3, -0.25) is 28.8 Å². The lowest BCUT2D eigenvalue weighted by atomic mass is 10.00. The Bertz CT molecular complexity index is 1090. The lowest BCUT2D eigenvalue weighted by Crippen LogP contribution is -2.60. The van der Waals surface area contributed by atoms with Gasteiger partial charge in [0.25, 0.3) is 0 Å². The second-order valence-electron chi connectivity index (χ2n) is 12.4. The van der Waals surface area contributed by atoms with Crippen LogP contribution in [0.15, 0.2) is 0 Å².